The Morgan fingerprint density at radius 3 is 2.53 bits per heavy atom. The van der Waals surface area contributed by atoms with Crippen LogP contribution in [0.1, 0.15) is 52.9 Å². The van der Waals surface area contributed by atoms with Crippen LogP contribution in [0.5, 0.6) is 0 Å². The summed E-state index contributed by atoms with van der Waals surface area (Å²) in [5.74, 6) is 1.83. The molecule has 1 saturated carbocycles. The van der Waals surface area contributed by atoms with Crippen LogP contribution < -0.4 is 5.32 Å². The van der Waals surface area contributed by atoms with Crippen molar-refractivity contribution in [3.05, 3.63) is 0 Å². The van der Waals surface area contributed by atoms with Gasteiger partial charge < -0.3 is 10.2 Å². The second-order valence-corrected chi connectivity index (χ2v) is 7.02. The van der Waals surface area contributed by atoms with E-state index in [1.807, 2.05) is 0 Å². The molecule has 19 heavy (non-hydrogen) atoms. The average molecular weight is 266 g/mol. The maximum atomic E-state index is 12.9. The van der Waals surface area contributed by atoms with Crippen molar-refractivity contribution in [2.45, 2.75) is 58.9 Å². The fraction of sp³-hybridized carbons (Fsp3) is 0.938. The molecule has 2 unspecified atom stereocenters. The molecule has 0 bridgehead atoms. The summed E-state index contributed by atoms with van der Waals surface area (Å²) in [4.78, 5) is 15.1. The van der Waals surface area contributed by atoms with E-state index in [4.69, 9.17) is 0 Å². The first-order valence-electron chi connectivity index (χ1n) is 8.09. The van der Waals surface area contributed by atoms with Gasteiger partial charge in [-0.2, -0.15) is 0 Å². The SMILES string of the molecule is CC(C)CN(C(=O)C1CNCC(C)C1)C1CCCC1. The van der Waals surface area contributed by atoms with Crippen molar-refractivity contribution in [1.82, 2.24) is 10.2 Å². The summed E-state index contributed by atoms with van der Waals surface area (Å²) in [6.45, 7) is 9.57. The van der Waals surface area contributed by atoms with E-state index >= 15 is 0 Å². The summed E-state index contributed by atoms with van der Waals surface area (Å²) >= 11 is 0. The zero-order chi connectivity index (χ0) is 13.8. The highest BCUT2D eigenvalue weighted by molar-refractivity contribution is 5.79. The van der Waals surface area contributed by atoms with Crippen LogP contribution >= 0.6 is 0 Å². The van der Waals surface area contributed by atoms with Gasteiger partial charge in [0.15, 0.2) is 0 Å². The number of carbonyl (C=O) groups is 1. The lowest BCUT2D eigenvalue weighted by molar-refractivity contribution is -0.139. The van der Waals surface area contributed by atoms with Crippen molar-refractivity contribution in [2.24, 2.45) is 17.8 Å². The molecule has 0 radical (unpaired) electrons. The molecule has 2 rings (SSSR count). The molecule has 1 aliphatic heterocycles. The predicted molar refractivity (Wildman–Crippen MR) is 78.9 cm³/mol. The van der Waals surface area contributed by atoms with Crippen molar-refractivity contribution in [1.29, 1.82) is 0 Å². The smallest absolute Gasteiger partial charge is 0.227 e. The molecule has 3 nitrogen and oxygen atoms in total. The Kier molecular flexibility index (Phi) is 5.26. The van der Waals surface area contributed by atoms with Crippen LogP contribution in [0.2, 0.25) is 0 Å². The third kappa shape index (κ3) is 3.95. The lowest BCUT2D eigenvalue weighted by atomic mass is 9.90. The van der Waals surface area contributed by atoms with E-state index < -0.39 is 0 Å². The Hall–Kier alpha value is -0.570. The Labute approximate surface area is 118 Å². The van der Waals surface area contributed by atoms with E-state index in [1.165, 1.54) is 25.7 Å². The van der Waals surface area contributed by atoms with Gasteiger partial charge in [-0.1, -0.05) is 33.6 Å². The minimum Gasteiger partial charge on any atom is -0.339 e. The van der Waals surface area contributed by atoms with Crippen molar-refractivity contribution >= 4 is 5.91 Å². The standard InChI is InChI=1S/C16H30N2O/c1-12(2)11-18(15-6-4-5-7-15)16(19)14-8-13(3)9-17-10-14/h12-15,17H,4-11H2,1-3H3. The van der Waals surface area contributed by atoms with E-state index in [2.05, 4.69) is 31.0 Å². The predicted octanol–water partition coefficient (Wildman–Crippen LogP) is 2.66. The average Bonchev–Trinajstić information content (AvgIpc) is 2.88. The lowest BCUT2D eigenvalue weighted by Crippen LogP contribution is -2.49. The lowest BCUT2D eigenvalue weighted by Gasteiger charge is -2.36. The van der Waals surface area contributed by atoms with Crippen LogP contribution in [0, 0.1) is 17.8 Å². The molecule has 0 aromatic carbocycles. The molecule has 1 amide bonds. The van der Waals surface area contributed by atoms with Crippen LogP contribution in [-0.2, 0) is 4.79 Å². The van der Waals surface area contributed by atoms with Gasteiger partial charge >= 0.3 is 0 Å². The molecule has 2 atom stereocenters. The number of hydrogen-bond donors (Lipinski definition) is 1. The van der Waals surface area contributed by atoms with Gasteiger partial charge in [0.2, 0.25) is 5.91 Å². The third-order valence-corrected chi connectivity index (χ3v) is 4.53. The molecule has 3 heteroatoms. The van der Waals surface area contributed by atoms with Gasteiger partial charge in [-0.25, -0.2) is 0 Å². The summed E-state index contributed by atoms with van der Waals surface area (Å²) in [5, 5.41) is 3.42. The highest BCUT2D eigenvalue weighted by atomic mass is 16.2. The van der Waals surface area contributed by atoms with E-state index in [1.54, 1.807) is 0 Å². The largest absolute Gasteiger partial charge is 0.339 e. The zero-order valence-corrected chi connectivity index (χ0v) is 12.8. The first-order chi connectivity index (χ1) is 9.08. The number of piperidine rings is 1. The highest BCUT2D eigenvalue weighted by Gasteiger charge is 2.33. The maximum absolute atomic E-state index is 12.9. The molecule has 110 valence electrons. The molecule has 1 N–H and O–H groups in total. The van der Waals surface area contributed by atoms with Crippen LogP contribution in [-0.4, -0.2) is 36.5 Å². The number of nitrogens with zero attached hydrogens (tertiary/aromatic N) is 1. The monoisotopic (exact) mass is 266 g/mol. The second-order valence-electron chi connectivity index (χ2n) is 7.02. The van der Waals surface area contributed by atoms with Crippen LogP contribution in [0.15, 0.2) is 0 Å². The van der Waals surface area contributed by atoms with Gasteiger partial charge in [0.25, 0.3) is 0 Å². The molecule has 0 aromatic rings. The zero-order valence-electron chi connectivity index (χ0n) is 12.8. The Balaban J connectivity index is 2.01. The van der Waals surface area contributed by atoms with Crippen LogP contribution in [0.4, 0.5) is 0 Å². The van der Waals surface area contributed by atoms with Gasteiger partial charge in [0.1, 0.15) is 0 Å². The van der Waals surface area contributed by atoms with Crippen molar-refractivity contribution in [3.8, 4) is 0 Å². The van der Waals surface area contributed by atoms with E-state index in [0.717, 1.165) is 26.1 Å². The van der Waals surface area contributed by atoms with E-state index in [9.17, 15) is 4.79 Å². The van der Waals surface area contributed by atoms with Gasteiger partial charge in [0.05, 0.1) is 5.92 Å². The minimum absolute atomic E-state index is 0.211. The molecule has 1 aliphatic carbocycles. The molecule has 2 fully saturated rings. The summed E-state index contributed by atoms with van der Waals surface area (Å²) in [7, 11) is 0. The van der Waals surface area contributed by atoms with E-state index in [-0.39, 0.29) is 5.92 Å². The molecular formula is C16H30N2O. The molecule has 0 spiro atoms. The molecule has 0 aromatic heterocycles. The molecular weight excluding hydrogens is 236 g/mol. The molecule has 2 aliphatic rings. The van der Waals surface area contributed by atoms with Crippen molar-refractivity contribution < 1.29 is 4.79 Å². The van der Waals surface area contributed by atoms with Gasteiger partial charge in [-0.05, 0) is 37.6 Å². The fourth-order valence-corrected chi connectivity index (χ4v) is 3.61. The number of rotatable bonds is 4. The normalized spacial score (nSPS) is 28.8. The van der Waals surface area contributed by atoms with Crippen LogP contribution in [0.3, 0.4) is 0 Å². The van der Waals surface area contributed by atoms with Crippen LogP contribution in [0.25, 0.3) is 0 Å². The quantitative estimate of drug-likeness (QED) is 0.848. The minimum atomic E-state index is 0.211. The Morgan fingerprint density at radius 1 is 1.26 bits per heavy atom. The van der Waals surface area contributed by atoms with E-state index in [0.29, 0.717) is 23.8 Å². The number of hydrogen-bond acceptors (Lipinski definition) is 2. The topological polar surface area (TPSA) is 32.3 Å². The van der Waals surface area contributed by atoms with Crippen molar-refractivity contribution in [3.63, 3.8) is 0 Å². The Morgan fingerprint density at radius 2 is 1.95 bits per heavy atom. The van der Waals surface area contributed by atoms with Gasteiger partial charge in [0, 0.05) is 19.1 Å². The summed E-state index contributed by atoms with van der Waals surface area (Å²) < 4.78 is 0. The fourth-order valence-electron chi connectivity index (χ4n) is 3.61. The second kappa shape index (κ2) is 6.74. The summed E-state index contributed by atoms with van der Waals surface area (Å²) in [5.41, 5.74) is 0. The van der Waals surface area contributed by atoms with Gasteiger partial charge in [-0.3, -0.25) is 4.79 Å². The summed E-state index contributed by atoms with van der Waals surface area (Å²) in [6, 6.07) is 0.520. The maximum Gasteiger partial charge on any atom is 0.227 e. The van der Waals surface area contributed by atoms with Crippen molar-refractivity contribution in [2.75, 3.05) is 19.6 Å². The van der Waals surface area contributed by atoms with Gasteiger partial charge in [-0.15, -0.1) is 0 Å². The number of nitrogens with one attached hydrogen (secondary N) is 1. The Bertz CT molecular complexity index is 297. The highest BCUT2D eigenvalue weighted by Crippen LogP contribution is 2.27. The first-order valence-corrected chi connectivity index (χ1v) is 8.09. The summed E-state index contributed by atoms with van der Waals surface area (Å²) in [6.07, 6.45) is 6.09. The number of amides is 1. The molecule has 1 saturated heterocycles. The number of carbonyl (C=O) groups excluding carboxylic acids is 1. The first kappa shape index (κ1) is 14.8. The third-order valence-electron chi connectivity index (χ3n) is 4.53. The molecule has 1 heterocycles.